The number of aromatic nitrogens is 1. The van der Waals surface area contributed by atoms with Crippen molar-refractivity contribution >= 4 is 12.0 Å². The molecule has 1 aliphatic rings. The average molecular weight is 369 g/mol. The van der Waals surface area contributed by atoms with Gasteiger partial charge < -0.3 is 19.5 Å². The molecule has 0 radical (unpaired) electrons. The molecule has 1 aliphatic heterocycles. The lowest BCUT2D eigenvalue weighted by atomic mass is 10.0. The Balaban J connectivity index is 1.50. The van der Waals surface area contributed by atoms with Gasteiger partial charge in [-0.05, 0) is 70.0 Å². The topological polar surface area (TPSA) is 63.6 Å². The number of ether oxygens (including phenoxy) is 1. The highest BCUT2D eigenvalue weighted by atomic mass is 16.6. The summed E-state index contributed by atoms with van der Waals surface area (Å²) < 4.78 is 7.40. The van der Waals surface area contributed by atoms with Gasteiger partial charge in [0.05, 0.1) is 0 Å². The summed E-state index contributed by atoms with van der Waals surface area (Å²) in [6.45, 7) is 6.76. The monoisotopic (exact) mass is 369 g/mol. The molecule has 0 aliphatic carbocycles. The molecule has 2 heterocycles. The summed E-state index contributed by atoms with van der Waals surface area (Å²) in [6.07, 6.45) is 5.10. The number of hydrogen-bond acceptors (Lipinski definition) is 3. The number of piperidine rings is 1. The van der Waals surface area contributed by atoms with Gasteiger partial charge in [0.25, 0.3) is 5.91 Å². The standard InChI is InChI=1S/C21H27N3O3/c1-21(2,3)27-20(26)24-14-10-17(11-15-24)22-19(25)16-6-8-18(9-7-16)23-12-4-5-13-23/h4-9,12-13,17H,10-11,14-15H2,1-3H3,(H,22,25). The van der Waals surface area contributed by atoms with E-state index in [-0.39, 0.29) is 18.0 Å². The molecule has 0 bridgehead atoms. The average Bonchev–Trinajstić information content (AvgIpc) is 3.15. The second kappa shape index (κ2) is 7.86. The summed E-state index contributed by atoms with van der Waals surface area (Å²) >= 11 is 0. The predicted octanol–water partition coefficient (Wildman–Crippen LogP) is 3.61. The largest absolute Gasteiger partial charge is 0.444 e. The maximum absolute atomic E-state index is 12.5. The maximum atomic E-state index is 12.5. The minimum absolute atomic E-state index is 0.0697. The number of likely N-dealkylation sites (tertiary alicyclic amines) is 1. The summed E-state index contributed by atoms with van der Waals surface area (Å²) in [7, 11) is 0. The Morgan fingerprint density at radius 1 is 1.04 bits per heavy atom. The van der Waals surface area contributed by atoms with Gasteiger partial charge in [-0.3, -0.25) is 4.79 Å². The molecule has 2 amide bonds. The van der Waals surface area contributed by atoms with Crippen LogP contribution in [0.1, 0.15) is 44.0 Å². The zero-order valence-corrected chi connectivity index (χ0v) is 16.1. The van der Waals surface area contributed by atoms with Crippen LogP contribution in [0.3, 0.4) is 0 Å². The first kappa shape index (κ1) is 19.0. The number of hydrogen-bond donors (Lipinski definition) is 1. The Morgan fingerprint density at radius 3 is 2.19 bits per heavy atom. The van der Waals surface area contributed by atoms with Crippen LogP contribution in [0, 0.1) is 0 Å². The van der Waals surface area contributed by atoms with Crippen molar-refractivity contribution in [3.05, 3.63) is 54.4 Å². The fourth-order valence-electron chi connectivity index (χ4n) is 3.09. The van der Waals surface area contributed by atoms with Gasteiger partial charge in [-0.2, -0.15) is 0 Å². The molecule has 6 nitrogen and oxygen atoms in total. The van der Waals surface area contributed by atoms with Crippen LogP contribution >= 0.6 is 0 Å². The third kappa shape index (κ3) is 5.12. The molecule has 1 aromatic heterocycles. The Kier molecular flexibility index (Phi) is 5.54. The van der Waals surface area contributed by atoms with Gasteiger partial charge in [-0.15, -0.1) is 0 Å². The number of nitrogens with zero attached hydrogens (tertiary/aromatic N) is 2. The van der Waals surface area contributed by atoms with Crippen LogP contribution in [0.2, 0.25) is 0 Å². The molecule has 3 rings (SSSR count). The molecular formula is C21H27N3O3. The quantitative estimate of drug-likeness (QED) is 0.899. The Morgan fingerprint density at radius 2 is 1.63 bits per heavy atom. The molecule has 27 heavy (non-hydrogen) atoms. The van der Waals surface area contributed by atoms with E-state index in [1.54, 1.807) is 4.90 Å². The van der Waals surface area contributed by atoms with Crippen LogP contribution in [0.15, 0.2) is 48.8 Å². The van der Waals surface area contributed by atoms with Crippen molar-refractivity contribution in [2.24, 2.45) is 0 Å². The predicted molar refractivity (Wildman–Crippen MR) is 104 cm³/mol. The highest BCUT2D eigenvalue weighted by molar-refractivity contribution is 5.94. The molecule has 144 valence electrons. The molecule has 0 atom stereocenters. The summed E-state index contributed by atoms with van der Waals surface area (Å²) in [5.74, 6) is -0.0789. The van der Waals surface area contributed by atoms with E-state index in [1.165, 1.54) is 0 Å². The first-order valence-electron chi connectivity index (χ1n) is 9.34. The molecule has 1 N–H and O–H groups in total. The van der Waals surface area contributed by atoms with Gasteiger partial charge in [0, 0.05) is 42.8 Å². The van der Waals surface area contributed by atoms with Gasteiger partial charge >= 0.3 is 6.09 Å². The molecule has 0 unspecified atom stereocenters. The fraction of sp³-hybridized carbons (Fsp3) is 0.429. The van der Waals surface area contributed by atoms with Crippen LogP contribution < -0.4 is 5.32 Å². The van der Waals surface area contributed by atoms with E-state index in [1.807, 2.05) is 74.1 Å². The lowest BCUT2D eigenvalue weighted by Crippen LogP contribution is -2.47. The lowest BCUT2D eigenvalue weighted by Gasteiger charge is -2.33. The summed E-state index contributed by atoms with van der Waals surface area (Å²) in [5.41, 5.74) is 1.16. The van der Waals surface area contributed by atoms with Crippen LogP contribution in [0.4, 0.5) is 4.79 Å². The van der Waals surface area contributed by atoms with E-state index < -0.39 is 5.60 Å². The van der Waals surface area contributed by atoms with Crippen LogP contribution in [-0.4, -0.2) is 46.2 Å². The van der Waals surface area contributed by atoms with Crippen molar-refractivity contribution < 1.29 is 14.3 Å². The van der Waals surface area contributed by atoms with Crippen molar-refractivity contribution in [1.82, 2.24) is 14.8 Å². The minimum Gasteiger partial charge on any atom is -0.444 e. The highest BCUT2D eigenvalue weighted by Gasteiger charge is 2.27. The fourth-order valence-corrected chi connectivity index (χ4v) is 3.09. The van der Waals surface area contributed by atoms with Crippen LogP contribution in [0.5, 0.6) is 0 Å². The molecule has 1 saturated heterocycles. The summed E-state index contributed by atoms with van der Waals surface area (Å²) in [4.78, 5) is 26.3. The first-order valence-corrected chi connectivity index (χ1v) is 9.34. The number of nitrogens with one attached hydrogen (secondary N) is 1. The van der Waals surface area contributed by atoms with E-state index in [0.717, 1.165) is 18.5 Å². The van der Waals surface area contributed by atoms with E-state index >= 15 is 0 Å². The normalized spacial score (nSPS) is 15.4. The van der Waals surface area contributed by atoms with Gasteiger partial charge in [-0.1, -0.05) is 0 Å². The number of carbonyl (C=O) groups is 2. The molecule has 6 heteroatoms. The molecule has 0 spiro atoms. The van der Waals surface area contributed by atoms with Crippen molar-refractivity contribution in [1.29, 1.82) is 0 Å². The number of carbonyl (C=O) groups excluding carboxylic acids is 2. The Hall–Kier alpha value is -2.76. The van der Waals surface area contributed by atoms with Crippen molar-refractivity contribution in [3.63, 3.8) is 0 Å². The van der Waals surface area contributed by atoms with Gasteiger partial charge in [-0.25, -0.2) is 4.79 Å². The minimum atomic E-state index is -0.491. The van der Waals surface area contributed by atoms with E-state index in [2.05, 4.69) is 5.32 Å². The van der Waals surface area contributed by atoms with Gasteiger partial charge in [0.2, 0.25) is 0 Å². The zero-order valence-electron chi connectivity index (χ0n) is 16.1. The number of amides is 2. The van der Waals surface area contributed by atoms with Crippen molar-refractivity contribution in [2.45, 2.75) is 45.3 Å². The van der Waals surface area contributed by atoms with Crippen LogP contribution in [0.25, 0.3) is 5.69 Å². The summed E-state index contributed by atoms with van der Waals surface area (Å²) in [6, 6.07) is 11.5. The molecule has 0 saturated carbocycles. The smallest absolute Gasteiger partial charge is 0.410 e. The van der Waals surface area contributed by atoms with Gasteiger partial charge in [0.1, 0.15) is 5.60 Å². The molecular weight excluding hydrogens is 342 g/mol. The Labute approximate surface area is 160 Å². The van der Waals surface area contributed by atoms with Crippen molar-refractivity contribution in [2.75, 3.05) is 13.1 Å². The summed E-state index contributed by atoms with van der Waals surface area (Å²) in [5, 5.41) is 3.07. The third-order valence-corrected chi connectivity index (χ3v) is 4.51. The Bertz CT molecular complexity index is 768. The second-order valence-electron chi connectivity index (χ2n) is 7.85. The van der Waals surface area contributed by atoms with Crippen molar-refractivity contribution in [3.8, 4) is 5.69 Å². The van der Waals surface area contributed by atoms with E-state index in [9.17, 15) is 9.59 Å². The van der Waals surface area contributed by atoms with E-state index in [0.29, 0.717) is 18.7 Å². The molecule has 1 aromatic carbocycles. The van der Waals surface area contributed by atoms with Gasteiger partial charge in [0.15, 0.2) is 0 Å². The van der Waals surface area contributed by atoms with E-state index in [4.69, 9.17) is 4.74 Å². The first-order chi connectivity index (χ1) is 12.8. The zero-order chi connectivity index (χ0) is 19.4. The third-order valence-electron chi connectivity index (χ3n) is 4.51. The number of rotatable bonds is 3. The second-order valence-corrected chi connectivity index (χ2v) is 7.85. The molecule has 2 aromatic rings. The van der Waals surface area contributed by atoms with Crippen LogP contribution in [-0.2, 0) is 4.74 Å². The molecule has 1 fully saturated rings. The maximum Gasteiger partial charge on any atom is 0.410 e. The highest BCUT2D eigenvalue weighted by Crippen LogP contribution is 2.16. The lowest BCUT2D eigenvalue weighted by molar-refractivity contribution is 0.0199. The SMILES string of the molecule is CC(C)(C)OC(=O)N1CCC(NC(=O)c2ccc(-n3cccc3)cc2)CC1. The number of benzene rings is 1.